The van der Waals surface area contributed by atoms with Crippen molar-refractivity contribution in [1.82, 2.24) is 9.29 Å². The molecule has 3 rings (SSSR count). The lowest BCUT2D eigenvalue weighted by Gasteiger charge is -2.30. The summed E-state index contributed by atoms with van der Waals surface area (Å²) in [7, 11) is -1.76. The number of rotatable bonds is 6. The molecule has 1 aliphatic carbocycles. The summed E-state index contributed by atoms with van der Waals surface area (Å²) in [6.45, 7) is 0. The van der Waals surface area contributed by atoms with E-state index in [2.05, 4.69) is 17.1 Å². The van der Waals surface area contributed by atoms with Crippen LogP contribution in [0.1, 0.15) is 37.7 Å². The summed E-state index contributed by atoms with van der Waals surface area (Å²) >= 11 is 1.61. The second-order valence-corrected chi connectivity index (χ2v) is 9.41. The first-order valence-corrected chi connectivity index (χ1v) is 11.1. The van der Waals surface area contributed by atoms with Gasteiger partial charge in [-0.3, -0.25) is 0 Å². The lowest BCUT2D eigenvalue weighted by molar-refractivity contribution is 0.285. The van der Waals surface area contributed by atoms with Crippen LogP contribution in [0.15, 0.2) is 58.6 Å². The maximum atomic E-state index is 12.8. The van der Waals surface area contributed by atoms with Gasteiger partial charge in [0.05, 0.1) is 5.03 Å². The number of sulfonamides is 1. The van der Waals surface area contributed by atoms with E-state index in [1.807, 2.05) is 18.2 Å². The zero-order chi connectivity index (χ0) is 17.7. The summed E-state index contributed by atoms with van der Waals surface area (Å²) in [4.78, 5) is 4.63. The number of thioether (sulfide) groups is 1. The van der Waals surface area contributed by atoms with Crippen LogP contribution in [-0.4, -0.2) is 30.8 Å². The topological polar surface area (TPSA) is 50.3 Å². The Morgan fingerprint density at radius 1 is 1.08 bits per heavy atom. The van der Waals surface area contributed by atoms with Gasteiger partial charge in [-0.05, 0) is 30.5 Å². The number of hydrogen-bond acceptors (Lipinski definition) is 4. The molecule has 0 radical (unpaired) electrons. The normalized spacial score (nSPS) is 16.2. The largest absolute Gasteiger partial charge is 0.249 e. The minimum atomic E-state index is -3.46. The third-order valence-corrected chi connectivity index (χ3v) is 7.61. The zero-order valence-electron chi connectivity index (χ0n) is 14.5. The first-order chi connectivity index (χ1) is 12.1. The molecule has 0 aliphatic heterocycles. The van der Waals surface area contributed by atoms with Crippen molar-refractivity contribution in [1.29, 1.82) is 0 Å². The molecule has 0 spiro atoms. The number of aromatic nitrogens is 1. The Morgan fingerprint density at radius 2 is 1.80 bits per heavy atom. The molecule has 0 amide bonds. The second-order valence-electron chi connectivity index (χ2n) is 6.42. The fourth-order valence-corrected chi connectivity index (χ4v) is 5.30. The SMILES string of the molecule is CN(C1CCCCC1)S(=O)(=O)c1ccc(SCc2ccccc2)nc1. The summed E-state index contributed by atoms with van der Waals surface area (Å²) in [6.07, 6.45) is 6.82. The summed E-state index contributed by atoms with van der Waals surface area (Å²) in [5.41, 5.74) is 1.23. The maximum Gasteiger partial charge on any atom is 0.244 e. The molecular formula is C19H24N2O2S2. The molecule has 4 nitrogen and oxygen atoms in total. The van der Waals surface area contributed by atoms with E-state index in [4.69, 9.17) is 0 Å². The zero-order valence-corrected chi connectivity index (χ0v) is 16.1. The lowest BCUT2D eigenvalue weighted by atomic mass is 9.96. The van der Waals surface area contributed by atoms with Gasteiger partial charge in [0.2, 0.25) is 10.0 Å². The molecule has 0 unspecified atom stereocenters. The van der Waals surface area contributed by atoms with Crippen molar-refractivity contribution in [3.8, 4) is 0 Å². The van der Waals surface area contributed by atoms with E-state index in [1.54, 1.807) is 35.2 Å². The van der Waals surface area contributed by atoms with Crippen molar-refractivity contribution < 1.29 is 8.42 Å². The van der Waals surface area contributed by atoms with Gasteiger partial charge < -0.3 is 0 Å². The average molecular weight is 377 g/mol. The molecule has 0 N–H and O–H groups in total. The molecule has 1 fully saturated rings. The van der Waals surface area contributed by atoms with Crippen LogP contribution in [-0.2, 0) is 15.8 Å². The number of hydrogen-bond donors (Lipinski definition) is 0. The summed E-state index contributed by atoms with van der Waals surface area (Å²) in [5.74, 6) is 0.821. The Morgan fingerprint density at radius 3 is 2.44 bits per heavy atom. The van der Waals surface area contributed by atoms with E-state index in [-0.39, 0.29) is 10.9 Å². The minimum absolute atomic E-state index is 0.117. The molecule has 6 heteroatoms. The van der Waals surface area contributed by atoms with E-state index in [0.717, 1.165) is 36.5 Å². The van der Waals surface area contributed by atoms with Gasteiger partial charge in [0.1, 0.15) is 4.90 Å². The van der Waals surface area contributed by atoms with Gasteiger partial charge in [-0.25, -0.2) is 13.4 Å². The fraction of sp³-hybridized carbons (Fsp3) is 0.421. The van der Waals surface area contributed by atoms with Crippen molar-refractivity contribution >= 4 is 21.8 Å². The molecule has 0 saturated heterocycles. The smallest absolute Gasteiger partial charge is 0.244 e. The van der Waals surface area contributed by atoms with Crippen LogP contribution in [0.3, 0.4) is 0 Å². The van der Waals surface area contributed by atoms with E-state index < -0.39 is 10.0 Å². The molecule has 1 aromatic heterocycles. The van der Waals surface area contributed by atoms with Gasteiger partial charge in [-0.2, -0.15) is 4.31 Å². The average Bonchev–Trinajstić information content (AvgIpc) is 2.67. The lowest BCUT2D eigenvalue weighted by Crippen LogP contribution is -2.38. The van der Waals surface area contributed by atoms with Crippen molar-refractivity contribution in [3.63, 3.8) is 0 Å². The Balaban J connectivity index is 1.66. The molecule has 1 saturated carbocycles. The molecule has 1 heterocycles. The van der Waals surface area contributed by atoms with Crippen LogP contribution >= 0.6 is 11.8 Å². The van der Waals surface area contributed by atoms with Crippen LogP contribution in [0.4, 0.5) is 0 Å². The predicted molar refractivity (Wildman–Crippen MR) is 102 cm³/mol. The van der Waals surface area contributed by atoms with Crippen LogP contribution < -0.4 is 0 Å². The van der Waals surface area contributed by atoms with Gasteiger partial charge in [0.25, 0.3) is 0 Å². The first kappa shape index (κ1) is 18.4. The monoisotopic (exact) mass is 376 g/mol. The molecule has 2 aromatic rings. The van der Waals surface area contributed by atoms with E-state index in [0.29, 0.717) is 0 Å². The molecule has 134 valence electrons. The second kappa shape index (κ2) is 8.34. The molecule has 0 atom stereocenters. The van der Waals surface area contributed by atoms with Crippen molar-refractivity contribution in [2.24, 2.45) is 0 Å². The van der Waals surface area contributed by atoms with Crippen LogP contribution in [0.2, 0.25) is 0 Å². The van der Waals surface area contributed by atoms with E-state index >= 15 is 0 Å². The van der Waals surface area contributed by atoms with Gasteiger partial charge in [0.15, 0.2) is 0 Å². The molecular weight excluding hydrogens is 352 g/mol. The predicted octanol–water partition coefficient (Wildman–Crippen LogP) is 4.33. The maximum absolute atomic E-state index is 12.8. The van der Waals surface area contributed by atoms with Gasteiger partial charge in [-0.15, -0.1) is 11.8 Å². The number of pyridine rings is 1. The Bertz CT molecular complexity index is 771. The number of nitrogens with zero attached hydrogens (tertiary/aromatic N) is 2. The minimum Gasteiger partial charge on any atom is -0.249 e. The molecule has 0 bridgehead atoms. The summed E-state index contributed by atoms with van der Waals surface area (Å²) in [6, 6.07) is 13.8. The fourth-order valence-electron chi connectivity index (χ4n) is 3.14. The van der Waals surface area contributed by atoms with Crippen molar-refractivity contribution in [3.05, 3.63) is 54.2 Å². The van der Waals surface area contributed by atoms with Crippen molar-refractivity contribution in [2.75, 3.05) is 7.05 Å². The van der Waals surface area contributed by atoms with Crippen molar-refractivity contribution in [2.45, 2.75) is 53.8 Å². The quantitative estimate of drug-likeness (QED) is 0.704. The van der Waals surface area contributed by atoms with Gasteiger partial charge >= 0.3 is 0 Å². The Hall–Kier alpha value is -1.37. The van der Waals surface area contributed by atoms with Crippen LogP contribution in [0.5, 0.6) is 0 Å². The summed E-state index contributed by atoms with van der Waals surface area (Å²) in [5, 5.41) is 0.836. The highest BCUT2D eigenvalue weighted by Crippen LogP contribution is 2.27. The first-order valence-electron chi connectivity index (χ1n) is 8.68. The Labute approximate surface area is 154 Å². The Kier molecular flexibility index (Phi) is 6.15. The van der Waals surface area contributed by atoms with E-state index in [9.17, 15) is 8.42 Å². The standard InChI is InChI=1S/C19H24N2O2S2/c1-21(17-10-6-3-7-11-17)25(22,23)18-12-13-19(20-14-18)24-15-16-8-4-2-5-9-16/h2,4-5,8-9,12-14,17H,3,6-7,10-11,15H2,1H3. The highest BCUT2D eigenvalue weighted by atomic mass is 32.2. The highest BCUT2D eigenvalue weighted by Gasteiger charge is 2.29. The third-order valence-electron chi connectivity index (χ3n) is 4.70. The molecule has 1 aromatic carbocycles. The van der Waals surface area contributed by atoms with Crippen LogP contribution in [0.25, 0.3) is 0 Å². The number of benzene rings is 1. The van der Waals surface area contributed by atoms with Gasteiger partial charge in [-0.1, -0.05) is 49.6 Å². The summed E-state index contributed by atoms with van der Waals surface area (Å²) < 4.78 is 27.1. The molecule has 25 heavy (non-hydrogen) atoms. The van der Waals surface area contributed by atoms with E-state index in [1.165, 1.54) is 18.2 Å². The van der Waals surface area contributed by atoms with Gasteiger partial charge in [0, 0.05) is 25.0 Å². The van der Waals surface area contributed by atoms with Crippen LogP contribution in [0, 0.1) is 0 Å². The highest BCUT2D eigenvalue weighted by molar-refractivity contribution is 7.98. The third kappa shape index (κ3) is 4.63. The molecule has 1 aliphatic rings.